The highest BCUT2D eigenvalue weighted by Gasteiger charge is 2.38. The molecule has 216 valence electrons. The fraction of sp³-hybridized carbons (Fsp3) is 0.357. The zero-order chi connectivity index (χ0) is 29.5. The van der Waals surface area contributed by atoms with E-state index in [9.17, 15) is 35.9 Å². The highest BCUT2D eigenvalue weighted by atomic mass is 32.2. The van der Waals surface area contributed by atoms with Crippen LogP contribution >= 0.6 is 11.8 Å². The molecular weight excluding hydrogens is 570 g/mol. The Morgan fingerprint density at radius 1 is 1.05 bits per heavy atom. The molecule has 0 saturated carbocycles. The molecule has 1 amide bonds. The summed E-state index contributed by atoms with van der Waals surface area (Å²) in [6.45, 7) is 2.63. The first kappa shape index (κ1) is 28.9. The number of aliphatic imine (C=N–C) groups is 1. The zero-order valence-corrected chi connectivity index (χ0v) is 22.5. The summed E-state index contributed by atoms with van der Waals surface area (Å²) in [4.78, 5) is 30.6. The van der Waals surface area contributed by atoms with Crippen molar-refractivity contribution in [2.24, 2.45) is 10.9 Å². The highest BCUT2D eigenvalue weighted by molar-refractivity contribution is 8.18. The predicted molar refractivity (Wildman–Crippen MR) is 143 cm³/mol. The van der Waals surface area contributed by atoms with Crippen molar-refractivity contribution in [1.82, 2.24) is 14.7 Å². The van der Waals surface area contributed by atoms with Crippen molar-refractivity contribution in [3.05, 3.63) is 69.8 Å². The van der Waals surface area contributed by atoms with E-state index in [0.717, 1.165) is 18.9 Å². The van der Waals surface area contributed by atoms with Crippen LogP contribution in [0.25, 0.3) is 17.0 Å². The first-order valence-corrected chi connectivity index (χ1v) is 13.6. The molecule has 0 spiro atoms. The number of ketones is 1. The number of aromatic nitrogens is 2. The van der Waals surface area contributed by atoms with Crippen molar-refractivity contribution in [1.29, 1.82) is 0 Å². The van der Waals surface area contributed by atoms with Gasteiger partial charge in [0, 0.05) is 24.9 Å². The number of carbonyl (C=O) groups excluding carboxylic acids is 2. The minimum atomic E-state index is -4.98. The molecule has 0 aliphatic carbocycles. The minimum Gasteiger partial charge on any atom is -0.351 e. The molecule has 6 nitrogen and oxygen atoms in total. The van der Waals surface area contributed by atoms with Gasteiger partial charge in [0.2, 0.25) is 0 Å². The lowest BCUT2D eigenvalue weighted by Gasteiger charge is -2.32. The number of hydrogen-bond donors (Lipinski definition) is 0. The van der Waals surface area contributed by atoms with Gasteiger partial charge in [0.1, 0.15) is 5.78 Å². The van der Waals surface area contributed by atoms with E-state index in [1.165, 1.54) is 22.6 Å². The maximum atomic E-state index is 13.6. The maximum Gasteiger partial charge on any atom is 0.416 e. The molecule has 13 heteroatoms. The highest BCUT2D eigenvalue weighted by Crippen LogP contribution is 2.38. The van der Waals surface area contributed by atoms with Crippen molar-refractivity contribution >= 4 is 45.6 Å². The average molecular weight is 595 g/mol. The van der Waals surface area contributed by atoms with Gasteiger partial charge in [-0.2, -0.15) is 36.4 Å². The Morgan fingerprint density at radius 3 is 2.44 bits per heavy atom. The summed E-state index contributed by atoms with van der Waals surface area (Å²) in [6.07, 6.45) is -4.49. The molecule has 1 saturated heterocycles. The number of benzene rings is 2. The summed E-state index contributed by atoms with van der Waals surface area (Å²) in [7, 11) is 0. The second-order valence-electron chi connectivity index (χ2n) is 10.1. The third-order valence-corrected chi connectivity index (χ3v) is 8.14. The monoisotopic (exact) mass is 594 g/mol. The van der Waals surface area contributed by atoms with E-state index < -0.39 is 23.5 Å². The fourth-order valence-corrected chi connectivity index (χ4v) is 6.02. The molecule has 3 heterocycles. The van der Waals surface area contributed by atoms with Gasteiger partial charge in [0.15, 0.2) is 5.17 Å². The lowest BCUT2D eigenvalue weighted by Crippen LogP contribution is -2.36. The second kappa shape index (κ2) is 11.0. The number of piperidine rings is 1. The third kappa shape index (κ3) is 6.50. The normalized spacial score (nSPS) is 18.0. The maximum absolute atomic E-state index is 13.6. The molecule has 2 aliphatic rings. The van der Waals surface area contributed by atoms with E-state index >= 15 is 0 Å². The van der Waals surface area contributed by atoms with Crippen LogP contribution in [0.4, 0.5) is 26.3 Å². The molecule has 41 heavy (non-hydrogen) atoms. The Kier molecular flexibility index (Phi) is 7.75. The van der Waals surface area contributed by atoms with E-state index in [1.54, 1.807) is 31.2 Å². The van der Waals surface area contributed by atoms with Crippen LogP contribution in [0.3, 0.4) is 0 Å². The number of likely N-dealkylation sites (tertiary alicyclic amines) is 1. The predicted octanol–water partition coefficient (Wildman–Crippen LogP) is 6.78. The van der Waals surface area contributed by atoms with Crippen LogP contribution in [0.1, 0.15) is 48.4 Å². The largest absolute Gasteiger partial charge is 0.416 e. The summed E-state index contributed by atoms with van der Waals surface area (Å²) in [5.74, 6) is 0.145. The molecule has 0 radical (unpaired) electrons. The lowest BCUT2D eigenvalue weighted by molar-refractivity contribution is -0.143. The number of nitrogens with zero attached hydrogens (tertiary/aromatic N) is 4. The van der Waals surface area contributed by atoms with Crippen molar-refractivity contribution < 1.29 is 35.9 Å². The Hall–Kier alpha value is -3.61. The van der Waals surface area contributed by atoms with Gasteiger partial charge in [0.05, 0.1) is 34.3 Å². The lowest BCUT2D eigenvalue weighted by atomic mass is 9.92. The number of amidine groups is 1. The van der Waals surface area contributed by atoms with Crippen molar-refractivity contribution in [2.45, 2.75) is 45.1 Å². The van der Waals surface area contributed by atoms with Crippen molar-refractivity contribution in [3.63, 3.8) is 0 Å². The van der Waals surface area contributed by atoms with E-state index in [2.05, 4.69) is 10.1 Å². The van der Waals surface area contributed by atoms with Gasteiger partial charge >= 0.3 is 12.4 Å². The van der Waals surface area contributed by atoms with Crippen LogP contribution in [-0.4, -0.2) is 44.6 Å². The molecular formula is C28H24F6N4O2S. The first-order chi connectivity index (χ1) is 19.3. The summed E-state index contributed by atoms with van der Waals surface area (Å²) < 4.78 is 81.1. The molecule has 0 N–H and O–H groups in total. The van der Waals surface area contributed by atoms with Gasteiger partial charge < -0.3 is 9.69 Å². The van der Waals surface area contributed by atoms with E-state index in [0.29, 0.717) is 58.0 Å². The van der Waals surface area contributed by atoms with Crippen LogP contribution in [0.15, 0.2) is 52.5 Å². The Bertz CT molecular complexity index is 1570. The molecule has 0 unspecified atom stereocenters. The molecule has 5 rings (SSSR count). The van der Waals surface area contributed by atoms with Gasteiger partial charge in [-0.1, -0.05) is 12.1 Å². The molecule has 1 aromatic heterocycles. The zero-order valence-electron chi connectivity index (χ0n) is 21.7. The molecule has 3 aromatic rings. The molecule has 2 aliphatic heterocycles. The second-order valence-corrected chi connectivity index (χ2v) is 11.1. The van der Waals surface area contributed by atoms with Gasteiger partial charge in [-0.25, -0.2) is 0 Å². The van der Waals surface area contributed by atoms with Gasteiger partial charge in [-0.15, -0.1) is 0 Å². The van der Waals surface area contributed by atoms with Crippen LogP contribution in [0.5, 0.6) is 0 Å². The number of amides is 1. The smallest absolute Gasteiger partial charge is 0.351 e. The van der Waals surface area contributed by atoms with E-state index in [-0.39, 0.29) is 29.9 Å². The molecule has 2 aromatic carbocycles. The SMILES string of the molecule is CC(=O)CC1CCN(C2=NC(=O)/C(=C/c3ccc4c(cnn4Cc4ccc(C(F)(F)F)cc4C(F)(F)F)c3)S2)CC1. The van der Waals surface area contributed by atoms with Gasteiger partial charge in [-0.05, 0) is 78.9 Å². The summed E-state index contributed by atoms with van der Waals surface area (Å²) in [5, 5.41) is 5.36. The average Bonchev–Trinajstić information content (AvgIpc) is 3.45. The molecule has 0 atom stereocenters. The van der Waals surface area contributed by atoms with E-state index in [1.807, 2.05) is 4.90 Å². The Labute approximate surface area is 235 Å². The van der Waals surface area contributed by atoms with Crippen molar-refractivity contribution in [2.75, 3.05) is 13.1 Å². The number of hydrogen-bond acceptors (Lipinski definition) is 5. The first-order valence-electron chi connectivity index (χ1n) is 12.8. The van der Waals surface area contributed by atoms with Crippen LogP contribution in [0.2, 0.25) is 0 Å². The Morgan fingerprint density at radius 2 is 1.78 bits per heavy atom. The number of thioether (sulfide) groups is 1. The third-order valence-electron chi connectivity index (χ3n) is 7.10. The summed E-state index contributed by atoms with van der Waals surface area (Å²) >= 11 is 1.27. The van der Waals surface area contributed by atoms with E-state index in [4.69, 9.17) is 0 Å². The summed E-state index contributed by atoms with van der Waals surface area (Å²) in [6, 6.07) is 6.61. The fourth-order valence-electron chi connectivity index (χ4n) is 5.06. The number of Topliss-reactive ketones (excluding diaryl/α,β-unsaturated/α-hetero) is 1. The van der Waals surface area contributed by atoms with Gasteiger partial charge in [-0.3, -0.25) is 9.48 Å². The number of rotatable bonds is 5. The summed E-state index contributed by atoms with van der Waals surface area (Å²) in [5.41, 5.74) is -1.94. The molecule has 1 fully saturated rings. The van der Waals surface area contributed by atoms with Crippen molar-refractivity contribution in [3.8, 4) is 0 Å². The number of halogens is 6. The number of carbonyl (C=O) groups is 2. The van der Waals surface area contributed by atoms with Crippen LogP contribution < -0.4 is 0 Å². The van der Waals surface area contributed by atoms with Gasteiger partial charge in [0.25, 0.3) is 5.91 Å². The van der Waals surface area contributed by atoms with Crippen LogP contribution in [0, 0.1) is 5.92 Å². The van der Waals surface area contributed by atoms with Crippen LogP contribution in [-0.2, 0) is 28.5 Å². The topological polar surface area (TPSA) is 67.6 Å². The molecule has 0 bridgehead atoms. The number of fused-ring (bicyclic) bond motifs is 1. The quantitative estimate of drug-likeness (QED) is 0.241. The minimum absolute atomic E-state index is 0.117. The standard InChI is InChI=1S/C28H24F6N4O2S/c1-16(39)10-17-6-8-37(9-7-17)26-36-25(40)24(41-26)12-18-2-5-23-20(11-18)14-35-38(23)15-19-3-4-21(27(29,30)31)13-22(19)28(32,33)34/h2-5,11-14,17H,6-10,15H2,1H3/b24-12-. The Balaban J connectivity index is 1.31. The number of alkyl halides is 6.